The van der Waals surface area contributed by atoms with Crippen molar-refractivity contribution in [3.63, 3.8) is 0 Å². The Hall–Kier alpha value is -3.15. The molecule has 1 aliphatic rings. The molecule has 0 saturated heterocycles. The highest BCUT2D eigenvalue weighted by atomic mass is 16.2. The molecule has 3 aromatic rings. The molecule has 1 aromatic heterocycles. The Bertz CT molecular complexity index is 1160. The largest absolute Gasteiger partial charge is 0.349 e. The van der Waals surface area contributed by atoms with Crippen LogP contribution < -0.4 is 5.32 Å². The van der Waals surface area contributed by atoms with E-state index in [1.807, 2.05) is 73.0 Å². The molecule has 33 heavy (non-hydrogen) atoms. The minimum atomic E-state index is -0.799. The van der Waals surface area contributed by atoms with Gasteiger partial charge >= 0.3 is 0 Å². The minimum absolute atomic E-state index is 0.0396. The van der Waals surface area contributed by atoms with Crippen molar-refractivity contribution in [2.24, 2.45) is 5.41 Å². The van der Waals surface area contributed by atoms with E-state index in [2.05, 4.69) is 26.1 Å². The first kappa shape index (κ1) is 23.0. The molecule has 2 heterocycles. The quantitative estimate of drug-likeness (QED) is 0.610. The predicted octanol–water partition coefficient (Wildman–Crippen LogP) is 4.84. The minimum Gasteiger partial charge on any atom is -0.349 e. The van der Waals surface area contributed by atoms with Crippen molar-refractivity contribution in [1.82, 2.24) is 19.8 Å². The van der Waals surface area contributed by atoms with E-state index in [-0.39, 0.29) is 17.2 Å². The molecule has 6 heteroatoms. The number of nitrogens with one attached hydrogen (secondary N) is 1. The average Bonchev–Trinajstić information content (AvgIpc) is 3.01. The second kappa shape index (κ2) is 8.65. The highest BCUT2D eigenvalue weighted by Crippen LogP contribution is 2.32. The number of rotatable bonds is 5. The molecule has 0 saturated carbocycles. The number of aromatic nitrogens is 2. The van der Waals surface area contributed by atoms with Gasteiger partial charge in [-0.25, -0.2) is 4.98 Å². The van der Waals surface area contributed by atoms with Crippen molar-refractivity contribution in [3.8, 4) is 0 Å². The van der Waals surface area contributed by atoms with Crippen molar-refractivity contribution in [3.05, 3.63) is 66.0 Å². The Labute approximate surface area is 196 Å². The van der Waals surface area contributed by atoms with E-state index in [4.69, 9.17) is 4.98 Å². The van der Waals surface area contributed by atoms with Crippen molar-refractivity contribution in [2.45, 2.75) is 72.1 Å². The Balaban J connectivity index is 1.78. The topological polar surface area (TPSA) is 67.2 Å². The fourth-order valence-electron chi connectivity index (χ4n) is 5.16. The maximum absolute atomic E-state index is 13.9. The Morgan fingerprint density at radius 1 is 1.03 bits per heavy atom. The molecule has 174 valence electrons. The zero-order valence-corrected chi connectivity index (χ0v) is 20.3. The molecule has 0 spiro atoms. The number of carbonyl (C=O) groups is 2. The van der Waals surface area contributed by atoms with Crippen LogP contribution in [0.15, 0.2) is 54.6 Å². The highest BCUT2D eigenvalue weighted by Gasteiger charge is 2.40. The molecule has 2 aromatic carbocycles. The van der Waals surface area contributed by atoms with E-state index in [0.29, 0.717) is 25.3 Å². The second-order valence-corrected chi connectivity index (χ2v) is 10.9. The number of nitrogens with zero attached hydrogens (tertiary/aromatic N) is 3. The number of imidazole rings is 1. The third kappa shape index (κ3) is 5.10. The Morgan fingerprint density at radius 3 is 2.39 bits per heavy atom. The summed E-state index contributed by atoms with van der Waals surface area (Å²) in [6.07, 6.45) is 1.14. The summed E-state index contributed by atoms with van der Waals surface area (Å²) in [6, 6.07) is 16.9. The van der Waals surface area contributed by atoms with Gasteiger partial charge in [-0.1, -0.05) is 63.2 Å². The van der Waals surface area contributed by atoms with Crippen LogP contribution in [0.4, 0.5) is 0 Å². The summed E-state index contributed by atoms with van der Waals surface area (Å²) in [7, 11) is 0. The monoisotopic (exact) mass is 446 g/mol. The van der Waals surface area contributed by atoms with Crippen molar-refractivity contribution < 1.29 is 9.59 Å². The molecule has 4 rings (SSSR count). The first-order valence-corrected chi connectivity index (χ1v) is 11.6. The van der Waals surface area contributed by atoms with Gasteiger partial charge in [0.15, 0.2) is 6.04 Å². The smallest absolute Gasteiger partial charge is 0.251 e. The van der Waals surface area contributed by atoms with Gasteiger partial charge in [-0.2, -0.15) is 0 Å². The number of aryl methyl sites for hydroxylation is 1. The van der Waals surface area contributed by atoms with Gasteiger partial charge < -0.3 is 14.8 Å². The lowest BCUT2D eigenvalue weighted by atomic mass is 9.81. The molecule has 1 atom stereocenters. The first-order valence-electron chi connectivity index (χ1n) is 11.6. The zero-order valence-electron chi connectivity index (χ0n) is 20.3. The molecular weight excluding hydrogens is 412 g/mol. The molecule has 0 radical (unpaired) electrons. The summed E-state index contributed by atoms with van der Waals surface area (Å²) in [5.41, 5.74) is 2.40. The van der Waals surface area contributed by atoms with Crippen LogP contribution >= 0.6 is 0 Å². The zero-order chi connectivity index (χ0) is 23.8. The van der Waals surface area contributed by atoms with Gasteiger partial charge in [0.1, 0.15) is 5.82 Å². The fourth-order valence-corrected chi connectivity index (χ4v) is 5.16. The number of benzene rings is 2. The number of carbonyl (C=O) groups excluding carboxylic acids is 2. The standard InChI is InChI=1S/C27H34N4O2/c1-26(2,3)18-27(4,5)29-25(33)23-24-28-20-13-9-10-14-21(20)30(24)16-15-22(32)31(23)17-19-11-7-6-8-12-19/h6-14,23H,15-18H2,1-5H3,(H,29,33). The van der Waals surface area contributed by atoms with Gasteiger partial charge in [-0.05, 0) is 43.4 Å². The number of fused-ring (bicyclic) bond motifs is 3. The SMILES string of the molecule is CC(C)(C)CC(C)(C)NC(=O)C1c2nc3ccccc3n2CCC(=O)N1Cc1ccccc1. The van der Waals surface area contributed by atoms with E-state index in [1.54, 1.807) is 4.90 Å². The Morgan fingerprint density at radius 2 is 1.70 bits per heavy atom. The third-order valence-electron chi connectivity index (χ3n) is 5.99. The van der Waals surface area contributed by atoms with Gasteiger partial charge in [0.05, 0.1) is 11.0 Å². The van der Waals surface area contributed by atoms with Crippen molar-refractivity contribution in [2.75, 3.05) is 0 Å². The van der Waals surface area contributed by atoms with Gasteiger partial charge in [-0.3, -0.25) is 9.59 Å². The molecule has 6 nitrogen and oxygen atoms in total. The number of hydrogen-bond acceptors (Lipinski definition) is 3. The summed E-state index contributed by atoms with van der Waals surface area (Å²) >= 11 is 0. The van der Waals surface area contributed by atoms with E-state index in [9.17, 15) is 9.59 Å². The maximum atomic E-state index is 13.9. The van der Waals surface area contributed by atoms with E-state index >= 15 is 0 Å². The van der Waals surface area contributed by atoms with Gasteiger partial charge in [0.2, 0.25) is 5.91 Å². The lowest BCUT2D eigenvalue weighted by Crippen LogP contribution is -2.51. The summed E-state index contributed by atoms with van der Waals surface area (Å²) in [5, 5.41) is 3.25. The summed E-state index contributed by atoms with van der Waals surface area (Å²) < 4.78 is 2.04. The van der Waals surface area contributed by atoms with Crippen molar-refractivity contribution in [1.29, 1.82) is 0 Å². The van der Waals surface area contributed by atoms with E-state index in [1.165, 1.54) is 0 Å². The van der Waals surface area contributed by atoms with Crippen LogP contribution in [-0.2, 0) is 22.7 Å². The number of amides is 2. The summed E-state index contributed by atoms with van der Waals surface area (Å²) in [6.45, 7) is 11.4. The molecule has 0 aliphatic carbocycles. The molecule has 2 amide bonds. The third-order valence-corrected chi connectivity index (χ3v) is 5.99. The number of hydrogen-bond donors (Lipinski definition) is 1. The van der Waals surface area contributed by atoms with Gasteiger partial charge in [0, 0.05) is 25.0 Å². The summed E-state index contributed by atoms with van der Waals surface area (Å²) in [4.78, 5) is 33.8. The molecular formula is C27H34N4O2. The van der Waals surface area contributed by atoms with E-state index in [0.717, 1.165) is 23.0 Å². The lowest BCUT2D eigenvalue weighted by molar-refractivity contribution is -0.142. The van der Waals surface area contributed by atoms with E-state index < -0.39 is 11.6 Å². The highest BCUT2D eigenvalue weighted by molar-refractivity contribution is 5.90. The molecule has 0 fully saturated rings. The van der Waals surface area contributed by atoms with Crippen LogP contribution in [0.1, 0.15) is 64.9 Å². The predicted molar refractivity (Wildman–Crippen MR) is 130 cm³/mol. The second-order valence-electron chi connectivity index (χ2n) is 10.9. The fraction of sp³-hybridized carbons (Fsp3) is 0.444. The van der Waals surface area contributed by atoms with Crippen molar-refractivity contribution >= 4 is 22.8 Å². The molecule has 0 bridgehead atoms. The van der Waals surface area contributed by atoms with Crippen LogP contribution in [0.25, 0.3) is 11.0 Å². The molecule has 1 aliphatic heterocycles. The van der Waals surface area contributed by atoms with Gasteiger partial charge in [-0.15, -0.1) is 0 Å². The van der Waals surface area contributed by atoms with Gasteiger partial charge in [0.25, 0.3) is 5.91 Å². The van der Waals surface area contributed by atoms with Crippen LogP contribution in [0, 0.1) is 5.41 Å². The summed E-state index contributed by atoms with van der Waals surface area (Å²) in [5.74, 6) is 0.399. The number of para-hydroxylation sites is 2. The first-order chi connectivity index (χ1) is 15.5. The Kier molecular flexibility index (Phi) is 6.04. The van der Waals surface area contributed by atoms with Crippen LogP contribution in [-0.4, -0.2) is 31.8 Å². The van der Waals surface area contributed by atoms with Crippen LogP contribution in [0.5, 0.6) is 0 Å². The lowest BCUT2D eigenvalue weighted by Gasteiger charge is -2.36. The normalized spacial score (nSPS) is 17.1. The van der Waals surface area contributed by atoms with Crippen LogP contribution in [0.3, 0.4) is 0 Å². The maximum Gasteiger partial charge on any atom is 0.251 e. The average molecular weight is 447 g/mol. The van der Waals surface area contributed by atoms with Crippen LogP contribution in [0.2, 0.25) is 0 Å². The molecule has 1 N–H and O–H groups in total. The molecule has 1 unspecified atom stereocenters.